The van der Waals surface area contributed by atoms with Crippen LogP contribution >= 0.6 is 0 Å². The summed E-state index contributed by atoms with van der Waals surface area (Å²) in [6, 6.07) is 15.5. The van der Waals surface area contributed by atoms with Gasteiger partial charge in [-0.15, -0.1) is 0 Å². The molecule has 3 rings (SSSR count). The standard InChI is InChI=1S/C23H24O4/c1-4-27-23(25)22-19(17-10-6-5-9-15(17)2)13-16(14-20(22)24)18-11-7-8-12-21(18)26-3/h5-12,14,19,22H,4,13H2,1-3H3/t19-,22-/m1/s1. The second kappa shape index (κ2) is 8.21. The van der Waals surface area contributed by atoms with Gasteiger partial charge in [-0.3, -0.25) is 9.59 Å². The Balaban J connectivity index is 2.08. The molecule has 0 aliphatic heterocycles. The molecule has 2 aromatic carbocycles. The van der Waals surface area contributed by atoms with E-state index >= 15 is 0 Å². The number of hydrogen-bond donors (Lipinski definition) is 0. The zero-order valence-electron chi connectivity index (χ0n) is 15.9. The number of aryl methyl sites for hydroxylation is 1. The Hall–Kier alpha value is -2.88. The zero-order valence-corrected chi connectivity index (χ0v) is 15.9. The van der Waals surface area contributed by atoms with Gasteiger partial charge in [0.25, 0.3) is 0 Å². The van der Waals surface area contributed by atoms with Crippen molar-refractivity contribution in [3.8, 4) is 5.75 Å². The van der Waals surface area contributed by atoms with Gasteiger partial charge in [0.05, 0.1) is 13.7 Å². The summed E-state index contributed by atoms with van der Waals surface area (Å²) in [5.41, 5.74) is 3.83. The molecule has 140 valence electrons. The zero-order chi connectivity index (χ0) is 19.4. The van der Waals surface area contributed by atoms with Crippen molar-refractivity contribution in [3.05, 3.63) is 71.3 Å². The molecule has 0 bridgehead atoms. The van der Waals surface area contributed by atoms with Crippen molar-refractivity contribution < 1.29 is 19.1 Å². The average Bonchev–Trinajstić information content (AvgIpc) is 2.67. The van der Waals surface area contributed by atoms with Crippen LogP contribution in [0.3, 0.4) is 0 Å². The second-order valence-corrected chi connectivity index (χ2v) is 6.67. The Bertz CT molecular complexity index is 881. The second-order valence-electron chi connectivity index (χ2n) is 6.67. The maximum absolute atomic E-state index is 13.0. The fraction of sp³-hybridized carbons (Fsp3) is 0.304. The Morgan fingerprint density at radius 1 is 1.11 bits per heavy atom. The van der Waals surface area contributed by atoms with Crippen LogP contribution in [0.15, 0.2) is 54.6 Å². The number of allylic oxidation sites excluding steroid dienone is 2. The van der Waals surface area contributed by atoms with Crippen molar-refractivity contribution in [3.63, 3.8) is 0 Å². The van der Waals surface area contributed by atoms with Crippen LogP contribution in [-0.4, -0.2) is 25.5 Å². The summed E-state index contributed by atoms with van der Waals surface area (Å²) >= 11 is 0. The molecule has 4 heteroatoms. The maximum atomic E-state index is 13.0. The largest absolute Gasteiger partial charge is 0.496 e. The Morgan fingerprint density at radius 3 is 2.52 bits per heavy atom. The van der Waals surface area contributed by atoms with Crippen LogP contribution in [0.2, 0.25) is 0 Å². The van der Waals surface area contributed by atoms with E-state index in [9.17, 15) is 9.59 Å². The van der Waals surface area contributed by atoms with E-state index in [0.29, 0.717) is 6.42 Å². The van der Waals surface area contributed by atoms with E-state index < -0.39 is 11.9 Å². The van der Waals surface area contributed by atoms with Crippen LogP contribution in [-0.2, 0) is 14.3 Å². The first-order valence-corrected chi connectivity index (χ1v) is 9.16. The van der Waals surface area contributed by atoms with Crippen molar-refractivity contribution in [1.29, 1.82) is 0 Å². The highest BCUT2D eigenvalue weighted by atomic mass is 16.5. The van der Waals surface area contributed by atoms with Gasteiger partial charge in [-0.25, -0.2) is 0 Å². The highest BCUT2D eigenvalue weighted by molar-refractivity contribution is 6.11. The van der Waals surface area contributed by atoms with Crippen molar-refractivity contribution in [2.45, 2.75) is 26.2 Å². The van der Waals surface area contributed by atoms with Gasteiger partial charge in [0.2, 0.25) is 0 Å². The molecule has 0 radical (unpaired) electrons. The fourth-order valence-electron chi connectivity index (χ4n) is 3.78. The molecule has 1 aliphatic carbocycles. The smallest absolute Gasteiger partial charge is 0.317 e. The molecule has 0 aromatic heterocycles. The quantitative estimate of drug-likeness (QED) is 0.586. The molecule has 0 unspecified atom stereocenters. The number of ether oxygens (including phenoxy) is 2. The van der Waals surface area contributed by atoms with Crippen molar-refractivity contribution in [2.24, 2.45) is 5.92 Å². The molecule has 1 aliphatic rings. The predicted octanol–water partition coefficient (Wildman–Crippen LogP) is 4.32. The van der Waals surface area contributed by atoms with Gasteiger partial charge < -0.3 is 9.47 Å². The third kappa shape index (κ3) is 3.80. The third-order valence-electron chi connectivity index (χ3n) is 5.05. The van der Waals surface area contributed by atoms with E-state index in [2.05, 4.69) is 0 Å². The monoisotopic (exact) mass is 364 g/mol. The van der Waals surface area contributed by atoms with E-state index in [1.54, 1.807) is 20.1 Å². The minimum absolute atomic E-state index is 0.214. The number of ketones is 1. The lowest BCUT2D eigenvalue weighted by Crippen LogP contribution is -2.34. The Morgan fingerprint density at radius 2 is 1.81 bits per heavy atom. The first kappa shape index (κ1) is 18.9. The minimum Gasteiger partial charge on any atom is -0.496 e. The Labute approximate surface area is 159 Å². The van der Waals surface area contributed by atoms with E-state index in [0.717, 1.165) is 28.0 Å². The number of esters is 1. The van der Waals surface area contributed by atoms with Crippen LogP contribution in [0, 0.1) is 12.8 Å². The SMILES string of the molecule is CCOC(=O)[C@H]1C(=O)C=C(c2ccccc2OC)C[C@@H]1c1ccccc1C. The number of para-hydroxylation sites is 1. The van der Waals surface area contributed by atoms with E-state index in [4.69, 9.17) is 9.47 Å². The van der Waals surface area contributed by atoms with Crippen LogP contribution < -0.4 is 4.74 Å². The number of benzene rings is 2. The molecular weight excluding hydrogens is 340 g/mol. The number of rotatable bonds is 5. The van der Waals surface area contributed by atoms with Gasteiger partial charge in [0.1, 0.15) is 11.7 Å². The Kier molecular flexibility index (Phi) is 5.75. The van der Waals surface area contributed by atoms with Crippen LogP contribution in [0.5, 0.6) is 5.75 Å². The number of methoxy groups -OCH3 is 1. The summed E-state index contributed by atoms with van der Waals surface area (Å²) in [7, 11) is 1.62. The lowest BCUT2D eigenvalue weighted by Gasteiger charge is -2.30. The number of carbonyl (C=O) groups is 2. The molecule has 0 saturated heterocycles. The molecule has 2 atom stereocenters. The molecule has 0 spiro atoms. The highest BCUT2D eigenvalue weighted by Gasteiger charge is 2.40. The van der Waals surface area contributed by atoms with Crippen LogP contribution in [0.25, 0.3) is 5.57 Å². The minimum atomic E-state index is -0.815. The van der Waals surface area contributed by atoms with Crippen LogP contribution in [0.1, 0.15) is 36.0 Å². The number of hydrogen-bond acceptors (Lipinski definition) is 4. The lowest BCUT2D eigenvalue weighted by atomic mass is 9.72. The summed E-state index contributed by atoms with van der Waals surface area (Å²) in [5, 5.41) is 0. The molecular formula is C23H24O4. The summed E-state index contributed by atoms with van der Waals surface area (Å²) in [6.45, 7) is 4.01. The van der Waals surface area contributed by atoms with Crippen molar-refractivity contribution >= 4 is 17.3 Å². The molecule has 0 amide bonds. The van der Waals surface area contributed by atoms with Crippen LogP contribution in [0.4, 0.5) is 0 Å². The summed E-state index contributed by atoms with van der Waals surface area (Å²) in [5.74, 6) is -1.03. The predicted molar refractivity (Wildman–Crippen MR) is 105 cm³/mol. The topological polar surface area (TPSA) is 52.6 Å². The normalized spacial score (nSPS) is 19.4. The summed E-state index contributed by atoms with van der Waals surface area (Å²) < 4.78 is 10.7. The molecule has 2 aromatic rings. The molecule has 4 nitrogen and oxygen atoms in total. The van der Waals surface area contributed by atoms with Gasteiger partial charge >= 0.3 is 5.97 Å². The summed E-state index contributed by atoms with van der Waals surface area (Å²) in [6.07, 6.45) is 2.15. The molecule has 0 heterocycles. The van der Waals surface area contributed by atoms with Gasteiger partial charge in [0.15, 0.2) is 5.78 Å². The molecule has 0 fully saturated rings. The average molecular weight is 364 g/mol. The van der Waals surface area contributed by atoms with Gasteiger partial charge in [-0.2, -0.15) is 0 Å². The third-order valence-corrected chi connectivity index (χ3v) is 5.05. The maximum Gasteiger partial charge on any atom is 0.317 e. The number of carbonyl (C=O) groups excluding carboxylic acids is 2. The summed E-state index contributed by atoms with van der Waals surface area (Å²) in [4.78, 5) is 25.5. The fourth-order valence-corrected chi connectivity index (χ4v) is 3.78. The van der Waals surface area contributed by atoms with Gasteiger partial charge in [-0.1, -0.05) is 42.5 Å². The van der Waals surface area contributed by atoms with Crippen molar-refractivity contribution in [2.75, 3.05) is 13.7 Å². The molecule has 0 saturated carbocycles. The molecule has 27 heavy (non-hydrogen) atoms. The first-order chi connectivity index (χ1) is 13.1. The van der Waals surface area contributed by atoms with E-state index in [1.165, 1.54) is 0 Å². The van der Waals surface area contributed by atoms with Crippen molar-refractivity contribution in [1.82, 2.24) is 0 Å². The van der Waals surface area contributed by atoms with Gasteiger partial charge in [-0.05, 0) is 49.1 Å². The lowest BCUT2D eigenvalue weighted by molar-refractivity contribution is -0.151. The highest BCUT2D eigenvalue weighted by Crippen LogP contribution is 2.43. The van der Waals surface area contributed by atoms with E-state index in [1.807, 2.05) is 55.5 Å². The molecule has 0 N–H and O–H groups in total. The first-order valence-electron chi connectivity index (χ1n) is 9.16. The van der Waals surface area contributed by atoms with Gasteiger partial charge in [0, 0.05) is 11.5 Å². The van der Waals surface area contributed by atoms with E-state index in [-0.39, 0.29) is 18.3 Å².